The minimum atomic E-state index is -4.57. The van der Waals surface area contributed by atoms with Crippen LogP contribution in [0.4, 0.5) is 4.79 Å². The van der Waals surface area contributed by atoms with E-state index in [4.69, 9.17) is 9.47 Å². The van der Waals surface area contributed by atoms with E-state index in [2.05, 4.69) is 5.32 Å². The van der Waals surface area contributed by atoms with Crippen LogP contribution in [0.5, 0.6) is 5.75 Å². The van der Waals surface area contributed by atoms with Crippen LogP contribution in [0.1, 0.15) is 38.3 Å². The smallest absolute Gasteiger partial charge is 0.415 e. The molecule has 13 heteroatoms. The van der Waals surface area contributed by atoms with Crippen molar-refractivity contribution in [2.75, 3.05) is 31.1 Å². The van der Waals surface area contributed by atoms with Crippen LogP contribution in [0.25, 0.3) is 0 Å². The molecule has 0 bridgehead atoms. The summed E-state index contributed by atoms with van der Waals surface area (Å²) in [4.78, 5) is 53.5. The molecule has 232 valence electrons. The molecule has 0 saturated carbocycles. The maximum atomic E-state index is 14.1. The number of sulfonamides is 1. The number of thioether (sulfide) groups is 1. The van der Waals surface area contributed by atoms with Crippen molar-refractivity contribution in [2.24, 2.45) is 0 Å². The second kappa shape index (κ2) is 13.5. The molecule has 2 aromatic carbocycles. The predicted octanol–water partition coefficient (Wildman–Crippen LogP) is 2.94. The zero-order valence-corrected chi connectivity index (χ0v) is 26.3. The van der Waals surface area contributed by atoms with Gasteiger partial charge in [0.2, 0.25) is 0 Å². The summed E-state index contributed by atoms with van der Waals surface area (Å²) in [6.45, 7) is 7.84. The number of aryl methyl sites for hydroxylation is 1. The molecular weight excluding hydrogens is 594 g/mol. The number of carbonyl (C=O) groups excluding carboxylic acids is 4. The number of Topliss-reactive ketones (excluding diaryl/α,β-unsaturated/α-hetero) is 1. The van der Waals surface area contributed by atoms with Gasteiger partial charge in [0.25, 0.3) is 15.9 Å². The van der Waals surface area contributed by atoms with Crippen molar-refractivity contribution in [1.82, 2.24) is 14.5 Å². The van der Waals surface area contributed by atoms with E-state index < -0.39 is 45.7 Å². The Morgan fingerprint density at radius 1 is 1.05 bits per heavy atom. The van der Waals surface area contributed by atoms with Crippen LogP contribution in [0.2, 0.25) is 0 Å². The Kier molecular flexibility index (Phi) is 10.2. The van der Waals surface area contributed by atoms with Gasteiger partial charge in [0.1, 0.15) is 23.2 Å². The van der Waals surface area contributed by atoms with Crippen molar-refractivity contribution < 1.29 is 37.1 Å². The van der Waals surface area contributed by atoms with E-state index in [1.54, 1.807) is 80.8 Å². The highest BCUT2D eigenvalue weighted by Crippen LogP contribution is 2.27. The molecule has 2 aromatic rings. The highest BCUT2D eigenvalue weighted by molar-refractivity contribution is 7.99. The van der Waals surface area contributed by atoms with Crippen LogP contribution < -0.4 is 10.1 Å². The molecule has 2 heterocycles. The van der Waals surface area contributed by atoms with E-state index in [1.807, 2.05) is 0 Å². The number of amides is 2. The van der Waals surface area contributed by atoms with Gasteiger partial charge in [-0.1, -0.05) is 29.8 Å². The molecule has 2 aliphatic heterocycles. The Morgan fingerprint density at radius 2 is 1.67 bits per heavy atom. The van der Waals surface area contributed by atoms with Crippen LogP contribution in [0, 0.1) is 6.92 Å². The maximum absolute atomic E-state index is 14.1. The van der Waals surface area contributed by atoms with Crippen molar-refractivity contribution in [1.29, 1.82) is 0 Å². The van der Waals surface area contributed by atoms with Gasteiger partial charge in [-0.25, -0.2) is 22.3 Å². The van der Waals surface area contributed by atoms with E-state index >= 15 is 0 Å². The molecule has 0 spiro atoms. The van der Waals surface area contributed by atoms with Crippen LogP contribution in [0.3, 0.4) is 0 Å². The lowest BCUT2D eigenvalue weighted by atomic mass is 10.0. The molecule has 4 rings (SSSR count). The molecule has 2 fully saturated rings. The summed E-state index contributed by atoms with van der Waals surface area (Å²) in [7, 11) is -4.57. The van der Waals surface area contributed by atoms with Crippen molar-refractivity contribution in [3.05, 3.63) is 59.7 Å². The largest absolute Gasteiger partial charge is 0.458 e. The Hall–Kier alpha value is -3.42. The van der Waals surface area contributed by atoms with Crippen molar-refractivity contribution >= 4 is 45.5 Å². The molecular formula is C30H37N3O8S2. The van der Waals surface area contributed by atoms with E-state index in [9.17, 15) is 27.6 Å². The van der Waals surface area contributed by atoms with Crippen molar-refractivity contribution in [2.45, 2.75) is 63.1 Å². The summed E-state index contributed by atoms with van der Waals surface area (Å²) >= 11 is 1.77. The number of benzene rings is 2. The van der Waals surface area contributed by atoms with Gasteiger partial charge in [-0.15, -0.1) is 0 Å². The third-order valence-electron chi connectivity index (χ3n) is 6.86. The average molecular weight is 632 g/mol. The van der Waals surface area contributed by atoms with Crippen molar-refractivity contribution in [3.63, 3.8) is 0 Å². The summed E-state index contributed by atoms with van der Waals surface area (Å²) in [5.41, 5.74) is 0.325. The van der Waals surface area contributed by atoms with E-state index in [0.717, 1.165) is 17.1 Å². The summed E-state index contributed by atoms with van der Waals surface area (Å²) in [6.07, 6.45) is -0.876. The molecule has 11 nitrogen and oxygen atoms in total. The number of hydrogen-bond acceptors (Lipinski definition) is 10. The number of ketones is 1. The van der Waals surface area contributed by atoms with Crippen LogP contribution in [-0.4, -0.2) is 90.2 Å². The Labute approximate surface area is 256 Å². The van der Waals surface area contributed by atoms with Crippen LogP contribution >= 0.6 is 11.8 Å². The molecule has 0 radical (unpaired) electrons. The fourth-order valence-electron chi connectivity index (χ4n) is 4.66. The topological polar surface area (TPSA) is 139 Å². The van der Waals surface area contributed by atoms with Gasteiger partial charge in [0.15, 0.2) is 0 Å². The number of esters is 1. The van der Waals surface area contributed by atoms with Gasteiger partial charge in [-0.3, -0.25) is 14.9 Å². The van der Waals surface area contributed by atoms with Gasteiger partial charge in [0, 0.05) is 37.4 Å². The van der Waals surface area contributed by atoms with E-state index in [-0.39, 0.29) is 35.8 Å². The molecule has 1 N–H and O–H groups in total. The molecule has 2 saturated heterocycles. The second-order valence-corrected chi connectivity index (χ2v) is 14.5. The summed E-state index contributed by atoms with van der Waals surface area (Å²) in [5.74, 6) is -0.119. The van der Waals surface area contributed by atoms with Gasteiger partial charge in [-0.2, -0.15) is 11.8 Å². The maximum Gasteiger partial charge on any atom is 0.415 e. The number of carbonyl (C=O) groups is 4. The lowest BCUT2D eigenvalue weighted by molar-refractivity contribution is -0.162. The highest BCUT2D eigenvalue weighted by atomic mass is 32.2. The normalized spacial score (nSPS) is 18.2. The molecule has 0 aromatic heterocycles. The summed E-state index contributed by atoms with van der Waals surface area (Å²) in [5, 5.41) is 2.77. The first-order valence-electron chi connectivity index (χ1n) is 14.0. The van der Waals surface area contributed by atoms with Gasteiger partial charge in [-0.05, 0) is 57.5 Å². The predicted molar refractivity (Wildman–Crippen MR) is 161 cm³/mol. The van der Waals surface area contributed by atoms with Gasteiger partial charge >= 0.3 is 12.1 Å². The summed E-state index contributed by atoms with van der Waals surface area (Å²) in [6, 6.07) is 9.53. The Morgan fingerprint density at radius 3 is 2.23 bits per heavy atom. The van der Waals surface area contributed by atoms with Gasteiger partial charge < -0.3 is 14.4 Å². The molecule has 2 amide bonds. The van der Waals surface area contributed by atoms with Crippen molar-refractivity contribution in [3.8, 4) is 5.75 Å². The zero-order valence-electron chi connectivity index (χ0n) is 24.7. The Balaban J connectivity index is 1.68. The van der Waals surface area contributed by atoms with E-state index in [0.29, 0.717) is 23.0 Å². The molecule has 2 aliphatic rings. The fourth-order valence-corrected chi connectivity index (χ4v) is 7.13. The average Bonchev–Trinajstić information content (AvgIpc) is 3.39. The summed E-state index contributed by atoms with van der Waals surface area (Å²) < 4.78 is 39.8. The minimum absolute atomic E-state index is 0.0810. The first-order chi connectivity index (χ1) is 20.2. The fraction of sp³-hybridized carbons (Fsp3) is 0.467. The lowest BCUT2D eigenvalue weighted by Crippen LogP contribution is -2.55. The first-order valence-corrected chi connectivity index (χ1v) is 16.6. The number of rotatable bonds is 8. The SMILES string of the molecule is Cc1ccc(S(=O)(=O)N(C(=O)[C@@H]2CC(=O)CN2)[C@@H](Cc2ccc(OC(=O)N3CCSCC3)cc2)C(=O)OC(C)(C)C)cc1. The second-order valence-electron chi connectivity index (χ2n) is 11.5. The quantitative estimate of drug-likeness (QED) is 0.433. The molecule has 43 heavy (non-hydrogen) atoms. The number of nitrogens with zero attached hydrogens (tertiary/aromatic N) is 2. The number of ether oxygens (including phenoxy) is 2. The first kappa shape index (κ1) is 32.5. The Bertz CT molecular complexity index is 1450. The zero-order chi connectivity index (χ0) is 31.4. The third kappa shape index (κ3) is 8.36. The standard InChI is InChI=1S/C30H37N3O8S2/c1-20-5-11-24(12-6-20)43(38,39)33(27(35)25-18-22(34)19-31-25)26(28(36)41-30(2,3)4)17-21-7-9-23(10-8-21)40-29(37)32-13-15-42-16-14-32/h5-12,25-26,31H,13-19H2,1-4H3/t25-,26-/m0/s1. The third-order valence-corrected chi connectivity index (χ3v) is 9.62. The highest BCUT2D eigenvalue weighted by Gasteiger charge is 2.45. The number of hydrogen-bond donors (Lipinski definition) is 1. The number of nitrogens with one attached hydrogen (secondary N) is 1. The van der Waals surface area contributed by atoms with Gasteiger partial charge in [0.05, 0.1) is 17.5 Å². The minimum Gasteiger partial charge on any atom is -0.458 e. The van der Waals surface area contributed by atoms with Crippen LogP contribution in [0.15, 0.2) is 53.4 Å². The molecule has 0 aliphatic carbocycles. The van der Waals surface area contributed by atoms with E-state index in [1.165, 1.54) is 12.1 Å². The molecule has 0 unspecified atom stereocenters. The monoisotopic (exact) mass is 631 g/mol. The lowest BCUT2D eigenvalue weighted by Gasteiger charge is -2.33. The van der Waals surface area contributed by atoms with Crippen LogP contribution in [-0.2, 0) is 35.6 Å². The molecule has 2 atom stereocenters.